The van der Waals surface area contributed by atoms with Crippen molar-refractivity contribution in [2.75, 3.05) is 19.6 Å². The highest BCUT2D eigenvalue weighted by atomic mass is 15.2. The quantitative estimate of drug-likeness (QED) is 0.770. The molecule has 0 bridgehead atoms. The summed E-state index contributed by atoms with van der Waals surface area (Å²) in [7, 11) is 0. The molecule has 1 N–H and O–H groups in total. The van der Waals surface area contributed by atoms with Crippen LogP contribution in [0.5, 0.6) is 0 Å². The van der Waals surface area contributed by atoms with E-state index in [9.17, 15) is 0 Å². The number of hydrogen-bond donors (Lipinski definition) is 1. The Hall–Kier alpha value is -0.520. The van der Waals surface area contributed by atoms with Crippen LogP contribution in [-0.4, -0.2) is 36.6 Å². The van der Waals surface area contributed by atoms with Crippen molar-refractivity contribution in [3.05, 3.63) is 0 Å². The summed E-state index contributed by atoms with van der Waals surface area (Å²) in [5.41, 5.74) is 0. The SMILES string of the molecule is C#CCCN1CC(C2CCCCC2)NCC1CC. The van der Waals surface area contributed by atoms with E-state index in [0.717, 1.165) is 25.4 Å². The normalized spacial score (nSPS) is 31.1. The molecule has 1 saturated heterocycles. The third kappa shape index (κ3) is 3.49. The summed E-state index contributed by atoms with van der Waals surface area (Å²) < 4.78 is 0. The Bertz CT molecular complexity index is 275. The van der Waals surface area contributed by atoms with Gasteiger partial charge in [-0.2, -0.15) is 0 Å². The van der Waals surface area contributed by atoms with E-state index in [4.69, 9.17) is 6.42 Å². The molecule has 2 fully saturated rings. The van der Waals surface area contributed by atoms with Gasteiger partial charge in [0.1, 0.15) is 0 Å². The number of piperazine rings is 1. The highest BCUT2D eigenvalue weighted by molar-refractivity contribution is 4.92. The third-order valence-corrected chi connectivity index (χ3v) is 4.80. The molecule has 1 aliphatic heterocycles. The average Bonchev–Trinajstić information content (AvgIpc) is 2.45. The molecule has 0 spiro atoms. The van der Waals surface area contributed by atoms with E-state index < -0.39 is 0 Å². The van der Waals surface area contributed by atoms with Crippen LogP contribution in [0.25, 0.3) is 0 Å². The van der Waals surface area contributed by atoms with Crippen molar-refractivity contribution < 1.29 is 0 Å². The van der Waals surface area contributed by atoms with Gasteiger partial charge in [-0.3, -0.25) is 4.90 Å². The number of nitrogens with zero attached hydrogens (tertiary/aromatic N) is 1. The number of rotatable bonds is 4. The van der Waals surface area contributed by atoms with Crippen molar-refractivity contribution in [2.45, 2.75) is 64.0 Å². The van der Waals surface area contributed by atoms with Crippen molar-refractivity contribution in [1.29, 1.82) is 0 Å². The molecule has 2 rings (SSSR count). The molecule has 1 heterocycles. The van der Waals surface area contributed by atoms with Gasteiger partial charge in [-0.1, -0.05) is 26.2 Å². The van der Waals surface area contributed by atoms with Gasteiger partial charge in [0.2, 0.25) is 0 Å². The van der Waals surface area contributed by atoms with E-state index in [0.29, 0.717) is 12.1 Å². The summed E-state index contributed by atoms with van der Waals surface area (Å²) in [5, 5.41) is 3.80. The Morgan fingerprint density at radius 2 is 2.06 bits per heavy atom. The van der Waals surface area contributed by atoms with Crippen LogP contribution >= 0.6 is 0 Å². The maximum absolute atomic E-state index is 5.42. The highest BCUT2D eigenvalue weighted by Gasteiger charge is 2.31. The molecule has 2 heteroatoms. The second-order valence-electron chi connectivity index (χ2n) is 5.92. The predicted octanol–water partition coefficient (Wildman–Crippen LogP) is 2.64. The molecule has 0 aromatic carbocycles. The highest BCUT2D eigenvalue weighted by Crippen LogP contribution is 2.28. The van der Waals surface area contributed by atoms with Gasteiger partial charge in [-0.15, -0.1) is 12.3 Å². The summed E-state index contributed by atoms with van der Waals surface area (Å²) in [6.07, 6.45) is 14.7. The van der Waals surface area contributed by atoms with Gasteiger partial charge < -0.3 is 5.32 Å². The van der Waals surface area contributed by atoms with Crippen LogP contribution < -0.4 is 5.32 Å². The molecule has 0 aromatic heterocycles. The van der Waals surface area contributed by atoms with E-state index in [2.05, 4.69) is 23.1 Å². The lowest BCUT2D eigenvalue weighted by Crippen LogP contribution is -2.58. The molecule has 2 aliphatic rings. The zero-order chi connectivity index (χ0) is 12.8. The van der Waals surface area contributed by atoms with E-state index >= 15 is 0 Å². The smallest absolute Gasteiger partial charge is 0.0224 e. The van der Waals surface area contributed by atoms with Crippen molar-refractivity contribution in [3.8, 4) is 12.3 Å². The van der Waals surface area contributed by atoms with E-state index in [-0.39, 0.29) is 0 Å². The van der Waals surface area contributed by atoms with Crippen LogP contribution in [-0.2, 0) is 0 Å². The van der Waals surface area contributed by atoms with Crippen LogP contribution in [0.4, 0.5) is 0 Å². The van der Waals surface area contributed by atoms with Crippen LogP contribution in [0.1, 0.15) is 51.9 Å². The Morgan fingerprint density at radius 3 is 2.72 bits per heavy atom. The predicted molar refractivity (Wildman–Crippen MR) is 77.5 cm³/mol. The van der Waals surface area contributed by atoms with Crippen molar-refractivity contribution >= 4 is 0 Å². The molecule has 102 valence electrons. The van der Waals surface area contributed by atoms with Gasteiger partial charge >= 0.3 is 0 Å². The topological polar surface area (TPSA) is 15.3 Å². The summed E-state index contributed by atoms with van der Waals surface area (Å²) in [6, 6.07) is 1.41. The molecular formula is C16H28N2. The minimum absolute atomic E-state index is 0.693. The molecular weight excluding hydrogens is 220 g/mol. The fourth-order valence-corrected chi connectivity index (χ4v) is 3.62. The maximum atomic E-state index is 5.42. The largest absolute Gasteiger partial charge is 0.311 e. The average molecular weight is 248 g/mol. The molecule has 2 unspecified atom stereocenters. The van der Waals surface area contributed by atoms with Crippen molar-refractivity contribution in [3.63, 3.8) is 0 Å². The van der Waals surface area contributed by atoms with E-state index in [1.807, 2.05) is 0 Å². The van der Waals surface area contributed by atoms with Gasteiger partial charge in [0.25, 0.3) is 0 Å². The molecule has 1 aliphatic carbocycles. The summed E-state index contributed by atoms with van der Waals surface area (Å²) in [5.74, 6) is 3.70. The number of hydrogen-bond acceptors (Lipinski definition) is 2. The van der Waals surface area contributed by atoms with E-state index in [1.165, 1.54) is 45.1 Å². The Kier molecular flexibility index (Phi) is 5.53. The molecule has 0 radical (unpaired) electrons. The van der Waals surface area contributed by atoms with Gasteiger partial charge in [-0.05, 0) is 25.2 Å². The molecule has 18 heavy (non-hydrogen) atoms. The Balaban J connectivity index is 1.88. The lowest BCUT2D eigenvalue weighted by molar-refractivity contribution is 0.0957. The Morgan fingerprint density at radius 1 is 1.28 bits per heavy atom. The maximum Gasteiger partial charge on any atom is 0.0224 e. The van der Waals surface area contributed by atoms with Crippen LogP contribution in [0.15, 0.2) is 0 Å². The first-order chi connectivity index (χ1) is 8.85. The number of nitrogens with one attached hydrogen (secondary N) is 1. The van der Waals surface area contributed by atoms with Gasteiger partial charge in [-0.25, -0.2) is 0 Å². The zero-order valence-electron chi connectivity index (χ0n) is 11.8. The monoisotopic (exact) mass is 248 g/mol. The molecule has 2 atom stereocenters. The fraction of sp³-hybridized carbons (Fsp3) is 0.875. The molecule has 0 aromatic rings. The summed E-state index contributed by atoms with van der Waals surface area (Å²) in [4.78, 5) is 2.63. The molecule has 2 nitrogen and oxygen atoms in total. The van der Waals surface area contributed by atoms with E-state index in [1.54, 1.807) is 0 Å². The standard InChI is InChI=1S/C16H28N2/c1-3-5-11-18-13-16(17-12-15(18)4-2)14-9-7-6-8-10-14/h1,14-17H,4-13H2,2H3. The van der Waals surface area contributed by atoms with Crippen molar-refractivity contribution in [1.82, 2.24) is 10.2 Å². The second-order valence-corrected chi connectivity index (χ2v) is 5.92. The zero-order valence-corrected chi connectivity index (χ0v) is 11.8. The lowest BCUT2D eigenvalue weighted by atomic mass is 9.82. The van der Waals surface area contributed by atoms with Crippen LogP contribution in [0.2, 0.25) is 0 Å². The fourth-order valence-electron chi connectivity index (χ4n) is 3.62. The first kappa shape index (κ1) is 13.9. The van der Waals surface area contributed by atoms with Crippen molar-refractivity contribution in [2.24, 2.45) is 5.92 Å². The first-order valence-corrected chi connectivity index (χ1v) is 7.76. The number of terminal acetylenes is 1. The summed E-state index contributed by atoms with van der Waals surface area (Å²) in [6.45, 7) is 5.74. The van der Waals surface area contributed by atoms with Gasteiger partial charge in [0, 0.05) is 38.1 Å². The summed E-state index contributed by atoms with van der Waals surface area (Å²) >= 11 is 0. The van der Waals surface area contributed by atoms with Crippen LogP contribution in [0.3, 0.4) is 0 Å². The van der Waals surface area contributed by atoms with Crippen LogP contribution in [0, 0.1) is 18.3 Å². The Labute approximate surface area is 113 Å². The van der Waals surface area contributed by atoms with Gasteiger partial charge in [0.05, 0.1) is 0 Å². The molecule has 0 amide bonds. The lowest BCUT2D eigenvalue weighted by Gasteiger charge is -2.43. The minimum Gasteiger partial charge on any atom is -0.311 e. The molecule has 1 saturated carbocycles. The third-order valence-electron chi connectivity index (χ3n) is 4.80. The first-order valence-electron chi connectivity index (χ1n) is 7.76. The minimum atomic E-state index is 0.693. The second kappa shape index (κ2) is 7.16. The van der Waals surface area contributed by atoms with Gasteiger partial charge in [0.15, 0.2) is 0 Å².